The van der Waals surface area contributed by atoms with E-state index in [9.17, 15) is 4.79 Å². The van der Waals surface area contributed by atoms with E-state index in [0.717, 1.165) is 45.0 Å². The zero-order valence-electron chi connectivity index (χ0n) is 18.8. The van der Waals surface area contributed by atoms with Gasteiger partial charge in [-0.15, -0.1) is 24.0 Å². The number of guanidine groups is 1. The minimum atomic E-state index is -0.474. The van der Waals surface area contributed by atoms with Crippen molar-refractivity contribution in [1.29, 1.82) is 0 Å². The number of carbonyl (C=O) groups is 1. The fourth-order valence-corrected chi connectivity index (χ4v) is 3.08. The largest absolute Gasteiger partial charge is 0.444 e. The Morgan fingerprint density at radius 2 is 1.89 bits per heavy atom. The summed E-state index contributed by atoms with van der Waals surface area (Å²) in [6, 6.07) is 0. The minimum absolute atomic E-state index is 0. The number of amides is 1. The first-order valence-electron chi connectivity index (χ1n) is 10.2. The Balaban J connectivity index is 0.00000729. The predicted octanol–water partition coefficient (Wildman–Crippen LogP) is 3.57. The average molecular weight is 512 g/mol. The third kappa shape index (κ3) is 10.7. The second-order valence-corrected chi connectivity index (χ2v) is 8.30. The molecule has 28 heavy (non-hydrogen) atoms. The van der Waals surface area contributed by atoms with E-state index in [-0.39, 0.29) is 36.0 Å². The van der Waals surface area contributed by atoms with Gasteiger partial charge in [-0.25, -0.2) is 4.79 Å². The zero-order valence-corrected chi connectivity index (χ0v) is 21.1. The standard InChI is InChI=1S/C20H40N4O3.HI/c1-8-21-18(24-12-10-17(11-13-24)26-9-2)22-14-16(3)15-23(7)19(25)27-20(4,5)6;/h16-17H,8-15H2,1-7H3,(H,21,22);1H. The number of hydrogen-bond donors (Lipinski definition) is 1. The number of aliphatic imine (C=N–C) groups is 1. The molecule has 1 unspecified atom stereocenters. The lowest BCUT2D eigenvalue weighted by molar-refractivity contribution is 0.0263. The highest BCUT2D eigenvalue weighted by molar-refractivity contribution is 14.0. The van der Waals surface area contributed by atoms with Gasteiger partial charge in [0, 0.05) is 46.4 Å². The number of nitrogens with zero attached hydrogens (tertiary/aromatic N) is 3. The van der Waals surface area contributed by atoms with Crippen molar-refractivity contribution in [2.24, 2.45) is 10.9 Å². The van der Waals surface area contributed by atoms with Crippen molar-refractivity contribution in [2.75, 3.05) is 46.4 Å². The molecule has 7 nitrogen and oxygen atoms in total. The van der Waals surface area contributed by atoms with Gasteiger partial charge in [0.05, 0.1) is 6.10 Å². The van der Waals surface area contributed by atoms with Crippen molar-refractivity contribution in [3.8, 4) is 0 Å². The summed E-state index contributed by atoms with van der Waals surface area (Å²) in [5, 5.41) is 3.39. The summed E-state index contributed by atoms with van der Waals surface area (Å²) in [4.78, 5) is 20.8. The van der Waals surface area contributed by atoms with Crippen molar-refractivity contribution < 1.29 is 14.3 Å². The van der Waals surface area contributed by atoms with Crippen LogP contribution in [0.1, 0.15) is 54.4 Å². The van der Waals surface area contributed by atoms with Gasteiger partial charge in [-0.1, -0.05) is 6.92 Å². The van der Waals surface area contributed by atoms with E-state index in [1.165, 1.54) is 0 Å². The molecule has 0 aromatic rings. The van der Waals surface area contributed by atoms with Gasteiger partial charge in [0.1, 0.15) is 5.60 Å². The molecule has 1 rings (SSSR count). The van der Waals surface area contributed by atoms with Crippen LogP contribution < -0.4 is 5.32 Å². The van der Waals surface area contributed by atoms with Gasteiger partial charge in [-0.2, -0.15) is 0 Å². The number of hydrogen-bond acceptors (Lipinski definition) is 4. The van der Waals surface area contributed by atoms with Gasteiger partial charge in [0.15, 0.2) is 5.96 Å². The Kier molecular flexibility index (Phi) is 13.1. The molecule has 0 radical (unpaired) electrons. The third-order valence-electron chi connectivity index (χ3n) is 4.32. The van der Waals surface area contributed by atoms with Gasteiger partial charge < -0.3 is 24.6 Å². The summed E-state index contributed by atoms with van der Waals surface area (Å²) in [6.45, 7) is 16.7. The Morgan fingerprint density at radius 3 is 2.39 bits per heavy atom. The van der Waals surface area contributed by atoms with E-state index in [1.807, 2.05) is 27.7 Å². The molecule has 1 aliphatic heterocycles. The smallest absolute Gasteiger partial charge is 0.410 e. The summed E-state index contributed by atoms with van der Waals surface area (Å²) in [5.74, 6) is 1.20. The van der Waals surface area contributed by atoms with E-state index < -0.39 is 5.60 Å². The molecule has 1 amide bonds. The lowest BCUT2D eigenvalue weighted by Gasteiger charge is -2.34. The van der Waals surface area contributed by atoms with Crippen LogP contribution in [0.5, 0.6) is 0 Å². The number of likely N-dealkylation sites (tertiary alicyclic amines) is 1. The van der Waals surface area contributed by atoms with Gasteiger partial charge in [0.25, 0.3) is 0 Å². The molecule has 1 atom stereocenters. The number of piperidine rings is 1. The average Bonchev–Trinajstić information content (AvgIpc) is 2.58. The van der Waals surface area contributed by atoms with Crippen molar-refractivity contribution in [3.05, 3.63) is 0 Å². The fourth-order valence-electron chi connectivity index (χ4n) is 3.08. The van der Waals surface area contributed by atoms with Gasteiger partial charge in [0.2, 0.25) is 0 Å². The fraction of sp³-hybridized carbons (Fsp3) is 0.900. The quantitative estimate of drug-likeness (QED) is 0.321. The molecule has 166 valence electrons. The molecule has 0 aromatic heterocycles. The molecule has 1 heterocycles. The van der Waals surface area contributed by atoms with Gasteiger partial charge >= 0.3 is 6.09 Å². The molecule has 0 aliphatic carbocycles. The van der Waals surface area contributed by atoms with E-state index in [1.54, 1.807) is 11.9 Å². The van der Waals surface area contributed by atoms with E-state index >= 15 is 0 Å². The van der Waals surface area contributed by atoms with Gasteiger partial charge in [-0.3, -0.25) is 4.99 Å². The summed E-state index contributed by atoms with van der Waals surface area (Å²) in [5.41, 5.74) is -0.474. The molecule has 8 heteroatoms. The Hall–Kier alpha value is -0.770. The summed E-state index contributed by atoms with van der Waals surface area (Å²) >= 11 is 0. The first-order chi connectivity index (χ1) is 12.7. The summed E-state index contributed by atoms with van der Waals surface area (Å²) in [6.07, 6.45) is 2.16. The molecule has 0 spiro atoms. The second-order valence-electron chi connectivity index (χ2n) is 8.30. The van der Waals surface area contributed by atoms with Crippen LogP contribution in [-0.2, 0) is 9.47 Å². The molecule has 1 N–H and O–H groups in total. The number of halogens is 1. The normalized spacial score (nSPS) is 17.0. The highest BCUT2D eigenvalue weighted by atomic mass is 127. The zero-order chi connectivity index (χ0) is 20.4. The monoisotopic (exact) mass is 512 g/mol. The van der Waals surface area contributed by atoms with Crippen LogP contribution in [0.3, 0.4) is 0 Å². The highest BCUT2D eigenvalue weighted by Crippen LogP contribution is 2.14. The van der Waals surface area contributed by atoms with Crippen molar-refractivity contribution in [2.45, 2.75) is 66.1 Å². The van der Waals surface area contributed by atoms with Crippen LogP contribution in [-0.4, -0.2) is 79.9 Å². The molecule has 1 fully saturated rings. The highest BCUT2D eigenvalue weighted by Gasteiger charge is 2.23. The summed E-state index contributed by atoms with van der Waals surface area (Å²) < 4.78 is 11.1. The predicted molar refractivity (Wildman–Crippen MR) is 126 cm³/mol. The SMILES string of the molecule is CCNC(=NCC(C)CN(C)C(=O)OC(C)(C)C)N1CCC(OCC)CC1.I. The molecular weight excluding hydrogens is 471 g/mol. The van der Waals surface area contributed by atoms with Crippen LogP contribution in [0.25, 0.3) is 0 Å². The van der Waals surface area contributed by atoms with Crippen LogP contribution in [0.15, 0.2) is 4.99 Å². The molecular formula is C20H41IN4O3. The van der Waals surface area contributed by atoms with Crippen LogP contribution >= 0.6 is 24.0 Å². The maximum Gasteiger partial charge on any atom is 0.410 e. The molecule has 0 aromatic carbocycles. The molecule has 0 bridgehead atoms. The molecule has 1 aliphatic rings. The lowest BCUT2D eigenvalue weighted by Crippen LogP contribution is -2.47. The van der Waals surface area contributed by atoms with Gasteiger partial charge in [-0.05, 0) is 53.4 Å². The van der Waals surface area contributed by atoms with Crippen LogP contribution in [0, 0.1) is 5.92 Å². The minimum Gasteiger partial charge on any atom is -0.444 e. The number of ether oxygens (including phenoxy) is 2. The summed E-state index contributed by atoms with van der Waals surface area (Å²) in [7, 11) is 1.78. The molecule has 1 saturated heterocycles. The number of rotatable bonds is 7. The third-order valence-corrected chi connectivity index (χ3v) is 4.32. The topological polar surface area (TPSA) is 66.4 Å². The Morgan fingerprint density at radius 1 is 1.29 bits per heavy atom. The number of nitrogens with one attached hydrogen (secondary N) is 1. The van der Waals surface area contributed by atoms with Crippen molar-refractivity contribution in [1.82, 2.24) is 15.1 Å². The Labute approximate surface area is 188 Å². The van der Waals surface area contributed by atoms with Crippen LogP contribution in [0.2, 0.25) is 0 Å². The number of carbonyl (C=O) groups excluding carboxylic acids is 1. The van der Waals surface area contributed by atoms with E-state index in [0.29, 0.717) is 19.2 Å². The molecule has 0 saturated carbocycles. The van der Waals surface area contributed by atoms with Crippen molar-refractivity contribution >= 4 is 36.0 Å². The maximum absolute atomic E-state index is 12.1. The van der Waals surface area contributed by atoms with E-state index in [2.05, 4.69) is 24.1 Å². The first-order valence-corrected chi connectivity index (χ1v) is 10.2. The maximum atomic E-state index is 12.1. The van der Waals surface area contributed by atoms with E-state index in [4.69, 9.17) is 14.5 Å². The van der Waals surface area contributed by atoms with Crippen LogP contribution in [0.4, 0.5) is 4.79 Å². The second kappa shape index (κ2) is 13.5. The first kappa shape index (κ1) is 27.2. The van der Waals surface area contributed by atoms with Crippen molar-refractivity contribution in [3.63, 3.8) is 0 Å². The lowest BCUT2D eigenvalue weighted by atomic mass is 10.1. The Bertz CT molecular complexity index is 475.